The van der Waals surface area contributed by atoms with E-state index in [0.29, 0.717) is 17.5 Å². The van der Waals surface area contributed by atoms with Crippen LogP contribution in [0.4, 0.5) is 0 Å². The fourth-order valence-corrected chi connectivity index (χ4v) is 3.77. The molecule has 1 rings (SSSR count). The molecule has 0 aromatic carbocycles. The van der Waals surface area contributed by atoms with Crippen molar-refractivity contribution in [3.8, 4) is 0 Å². The van der Waals surface area contributed by atoms with Crippen LogP contribution >= 0.6 is 11.8 Å². The Balaban J connectivity index is 2.64. The first kappa shape index (κ1) is 14.3. The van der Waals surface area contributed by atoms with E-state index in [1.54, 1.807) is 0 Å². The van der Waals surface area contributed by atoms with E-state index < -0.39 is 0 Å². The van der Waals surface area contributed by atoms with Gasteiger partial charge in [-0.3, -0.25) is 4.90 Å². The molecule has 3 atom stereocenters. The zero-order valence-electron chi connectivity index (χ0n) is 11.5. The second-order valence-corrected chi connectivity index (χ2v) is 7.28. The highest BCUT2D eigenvalue weighted by Crippen LogP contribution is 2.31. The van der Waals surface area contributed by atoms with E-state index >= 15 is 0 Å². The summed E-state index contributed by atoms with van der Waals surface area (Å²) in [5.41, 5.74) is 6.31. The van der Waals surface area contributed by atoms with Gasteiger partial charge in [0, 0.05) is 18.6 Å². The largest absolute Gasteiger partial charge is 0.329 e. The SMILES string of the molecule is CC(N(C)C(CN)C1CCSC1)C(C)(C)C. The summed E-state index contributed by atoms with van der Waals surface area (Å²) in [6.45, 7) is 10.0. The number of rotatable bonds is 4. The Hall–Kier alpha value is 0.270. The summed E-state index contributed by atoms with van der Waals surface area (Å²) in [4.78, 5) is 2.51. The molecule has 96 valence electrons. The summed E-state index contributed by atoms with van der Waals surface area (Å²) in [6.07, 6.45) is 1.34. The van der Waals surface area contributed by atoms with Gasteiger partial charge in [-0.1, -0.05) is 20.8 Å². The molecule has 1 aliphatic heterocycles. The predicted molar refractivity (Wildman–Crippen MR) is 75.0 cm³/mol. The van der Waals surface area contributed by atoms with Crippen LogP contribution in [0.1, 0.15) is 34.1 Å². The van der Waals surface area contributed by atoms with Crippen molar-refractivity contribution in [1.82, 2.24) is 4.90 Å². The van der Waals surface area contributed by atoms with Gasteiger partial charge in [-0.25, -0.2) is 0 Å². The molecule has 0 amide bonds. The Morgan fingerprint density at radius 3 is 2.44 bits per heavy atom. The van der Waals surface area contributed by atoms with Crippen LogP contribution in [-0.4, -0.2) is 42.1 Å². The van der Waals surface area contributed by atoms with Crippen LogP contribution in [-0.2, 0) is 0 Å². The number of likely N-dealkylation sites (N-methyl/N-ethyl adjacent to an activating group) is 1. The predicted octanol–water partition coefficient (Wildman–Crippen LogP) is 2.43. The number of nitrogens with zero attached hydrogens (tertiary/aromatic N) is 1. The monoisotopic (exact) mass is 244 g/mol. The van der Waals surface area contributed by atoms with Gasteiger partial charge in [-0.15, -0.1) is 0 Å². The Morgan fingerprint density at radius 2 is 2.06 bits per heavy atom. The third kappa shape index (κ3) is 3.38. The van der Waals surface area contributed by atoms with Gasteiger partial charge in [0.15, 0.2) is 0 Å². The highest BCUT2D eigenvalue weighted by Gasteiger charge is 2.33. The lowest BCUT2D eigenvalue weighted by atomic mass is 9.85. The molecule has 16 heavy (non-hydrogen) atoms. The van der Waals surface area contributed by atoms with Gasteiger partial charge in [0.05, 0.1) is 0 Å². The molecule has 3 unspecified atom stereocenters. The molecule has 0 spiro atoms. The first-order valence-electron chi connectivity index (χ1n) is 6.37. The van der Waals surface area contributed by atoms with E-state index in [4.69, 9.17) is 5.73 Å². The van der Waals surface area contributed by atoms with Crippen molar-refractivity contribution in [2.45, 2.75) is 46.2 Å². The van der Waals surface area contributed by atoms with Crippen molar-refractivity contribution in [3.63, 3.8) is 0 Å². The van der Waals surface area contributed by atoms with E-state index in [9.17, 15) is 0 Å². The molecule has 1 saturated heterocycles. The van der Waals surface area contributed by atoms with Gasteiger partial charge in [0.1, 0.15) is 0 Å². The van der Waals surface area contributed by atoms with Crippen molar-refractivity contribution >= 4 is 11.8 Å². The fraction of sp³-hybridized carbons (Fsp3) is 1.00. The van der Waals surface area contributed by atoms with Gasteiger partial charge < -0.3 is 5.73 Å². The molecule has 1 aliphatic rings. The Morgan fingerprint density at radius 1 is 1.44 bits per heavy atom. The van der Waals surface area contributed by atoms with Crippen LogP contribution in [0.2, 0.25) is 0 Å². The van der Waals surface area contributed by atoms with Gasteiger partial charge in [-0.05, 0) is 43.2 Å². The highest BCUT2D eigenvalue weighted by molar-refractivity contribution is 7.99. The Bertz CT molecular complexity index is 206. The molecular weight excluding hydrogens is 216 g/mol. The number of nitrogens with two attached hydrogens (primary N) is 1. The van der Waals surface area contributed by atoms with E-state index in [2.05, 4.69) is 51.4 Å². The van der Waals surface area contributed by atoms with Crippen molar-refractivity contribution in [1.29, 1.82) is 0 Å². The Labute approximate surface area is 105 Å². The lowest BCUT2D eigenvalue weighted by Gasteiger charge is -2.42. The summed E-state index contributed by atoms with van der Waals surface area (Å²) in [7, 11) is 2.25. The highest BCUT2D eigenvalue weighted by atomic mass is 32.2. The van der Waals surface area contributed by atoms with Gasteiger partial charge in [0.2, 0.25) is 0 Å². The van der Waals surface area contributed by atoms with Crippen LogP contribution in [0.3, 0.4) is 0 Å². The van der Waals surface area contributed by atoms with Crippen LogP contribution in [0.25, 0.3) is 0 Å². The first-order valence-corrected chi connectivity index (χ1v) is 7.53. The average Bonchev–Trinajstić information content (AvgIpc) is 2.69. The molecule has 0 aromatic rings. The normalized spacial score (nSPS) is 26.1. The van der Waals surface area contributed by atoms with E-state index in [-0.39, 0.29) is 0 Å². The third-order valence-corrected chi connectivity index (χ3v) is 5.33. The Kier molecular flexibility index (Phi) is 5.14. The minimum atomic E-state index is 0.327. The van der Waals surface area contributed by atoms with Gasteiger partial charge in [-0.2, -0.15) is 11.8 Å². The van der Waals surface area contributed by atoms with E-state index in [1.165, 1.54) is 17.9 Å². The van der Waals surface area contributed by atoms with Crippen LogP contribution in [0.5, 0.6) is 0 Å². The van der Waals surface area contributed by atoms with Crippen molar-refractivity contribution in [2.75, 3.05) is 25.1 Å². The lowest BCUT2D eigenvalue weighted by molar-refractivity contribution is 0.0765. The zero-order valence-corrected chi connectivity index (χ0v) is 12.3. The van der Waals surface area contributed by atoms with Crippen LogP contribution < -0.4 is 5.73 Å². The number of hydrogen-bond acceptors (Lipinski definition) is 3. The molecule has 1 heterocycles. The second kappa shape index (κ2) is 5.74. The third-order valence-electron chi connectivity index (χ3n) is 4.14. The molecule has 0 bridgehead atoms. The molecular formula is C13H28N2S. The quantitative estimate of drug-likeness (QED) is 0.823. The first-order chi connectivity index (χ1) is 7.38. The summed E-state index contributed by atoms with van der Waals surface area (Å²) >= 11 is 2.08. The summed E-state index contributed by atoms with van der Waals surface area (Å²) in [5, 5.41) is 0. The minimum Gasteiger partial charge on any atom is -0.329 e. The second-order valence-electron chi connectivity index (χ2n) is 6.13. The standard InChI is InChI=1S/C13H28N2S/c1-10(13(2,3)4)15(5)12(8-14)11-6-7-16-9-11/h10-12H,6-9,14H2,1-5H3. The van der Waals surface area contributed by atoms with Gasteiger partial charge >= 0.3 is 0 Å². The summed E-state index contributed by atoms with van der Waals surface area (Å²) in [6, 6.07) is 1.14. The molecule has 0 aliphatic carbocycles. The van der Waals surface area contributed by atoms with E-state index in [1.807, 2.05) is 0 Å². The minimum absolute atomic E-state index is 0.327. The molecule has 0 saturated carbocycles. The maximum atomic E-state index is 5.98. The molecule has 0 aromatic heterocycles. The summed E-state index contributed by atoms with van der Waals surface area (Å²) < 4.78 is 0. The van der Waals surface area contributed by atoms with E-state index in [0.717, 1.165) is 12.5 Å². The van der Waals surface area contributed by atoms with Crippen LogP contribution in [0.15, 0.2) is 0 Å². The van der Waals surface area contributed by atoms with Crippen molar-refractivity contribution in [3.05, 3.63) is 0 Å². The maximum absolute atomic E-state index is 5.98. The molecule has 2 N–H and O–H groups in total. The average molecular weight is 244 g/mol. The number of thioether (sulfide) groups is 1. The molecule has 1 fully saturated rings. The van der Waals surface area contributed by atoms with Crippen LogP contribution in [0, 0.1) is 11.3 Å². The topological polar surface area (TPSA) is 29.3 Å². The van der Waals surface area contributed by atoms with Crippen molar-refractivity contribution < 1.29 is 0 Å². The number of hydrogen-bond donors (Lipinski definition) is 1. The van der Waals surface area contributed by atoms with Gasteiger partial charge in [0.25, 0.3) is 0 Å². The van der Waals surface area contributed by atoms with Crippen molar-refractivity contribution in [2.24, 2.45) is 17.1 Å². The molecule has 3 heteroatoms. The molecule has 2 nitrogen and oxygen atoms in total. The fourth-order valence-electron chi connectivity index (χ4n) is 2.45. The summed E-state index contributed by atoms with van der Waals surface area (Å²) in [5.74, 6) is 3.41. The lowest BCUT2D eigenvalue weighted by Crippen LogP contribution is -2.51. The smallest absolute Gasteiger partial charge is 0.0254 e. The maximum Gasteiger partial charge on any atom is 0.0254 e. The zero-order chi connectivity index (χ0) is 12.3. The molecule has 0 radical (unpaired) electrons.